The number of nitrogens with two attached hydrogens (primary N) is 1. The van der Waals surface area contributed by atoms with Gasteiger partial charge in [-0.3, -0.25) is 0 Å². The van der Waals surface area contributed by atoms with E-state index in [-0.39, 0.29) is 0 Å². The van der Waals surface area contributed by atoms with Crippen molar-refractivity contribution in [1.29, 1.82) is 0 Å². The summed E-state index contributed by atoms with van der Waals surface area (Å²) in [7, 11) is 0. The van der Waals surface area contributed by atoms with Gasteiger partial charge in [-0.15, -0.1) is 0 Å². The predicted octanol–water partition coefficient (Wildman–Crippen LogP) is 2.68. The van der Waals surface area contributed by atoms with Crippen molar-refractivity contribution in [2.75, 3.05) is 23.7 Å². The van der Waals surface area contributed by atoms with E-state index in [2.05, 4.69) is 29.8 Å². The number of anilines is 2. The maximum absolute atomic E-state index is 5.72. The topological polar surface area (TPSA) is 42.2 Å². The van der Waals surface area contributed by atoms with Crippen LogP contribution >= 0.6 is 0 Å². The molecule has 16 heavy (non-hydrogen) atoms. The average molecular weight is 219 g/mol. The fourth-order valence-corrected chi connectivity index (χ4v) is 2.62. The first-order valence-corrected chi connectivity index (χ1v) is 6.15. The number of hydrogen-bond donors (Lipinski definition) is 1. The first kappa shape index (κ1) is 11.2. The Kier molecular flexibility index (Phi) is 3.03. The molecule has 1 aliphatic heterocycles. The maximum Gasteiger partial charge on any atom is 0.125 e. The van der Waals surface area contributed by atoms with Crippen LogP contribution in [-0.2, 0) is 0 Å². The van der Waals surface area contributed by atoms with E-state index in [1.165, 1.54) is 24.9 Å². The molecule has 2 heterocycles. The summed E-state index contributed by atoms with van der Waals surface area (Å²) in [6.45, 7) is 6.90. The Morgan fingerprint density at radius 3 is 2.75 bits per heavy atom. The minimum absolute atomic E-state index is 0.512. The van der Waals surface area contributed by atoms with Gasteiger partial charge < -0.3 is 10.6 Å². The summed E-state index contributed by atoms with van der Waals surface area (Å²) in [6.07, 6.45) is 5.62. The highest BCUT2D eigenvalue weighted by Gasteiger charge is 2.34. The van der Waals surface area contributed by atoms with E-state index >= 15 is 0 Å². The molecule has 0 aliphatic carbocycles. The van der Waals surface area contributed by atoms with E-state index in [1.807, 2.05) is 6.07 Å². The van der Waals surface area contributed by atoms with Gasteiger partial charge >= 0.3 is 0 Å². The van der Waals surface area contributed by atoms with E-state index in [0.717, 1.165) is 13.1 Å². The van der Waals surface area contributed by atoms with Gasteiger partial charge in [0.05, 0.1) is 0 Å². The molecule has 0 bridgehead atoms. The molecular formula is C13H21N3. The second-order valence-electron chi connectivity index (χ2n) is 4.82. The smallest absolute Gasteiger partial charge is 0.125 e. The zero-order chi connectivity index (χ0) is 11.6. The molecule has 1 saturated heterocycles. The molecule has 1 fully saturated rings. The quantitative estimate of drug-likeness (QED) is 0.850. The largest absolute Gasteiger partial charge is 0.384 e. The molecule has 2 rings (SSSR count). The molecule has 88 valence electrons. The predicted molar refractivity (Wildman–Crippen MR) is 68.5 cm³/mol. The Morgan fingerprint density at radius 2 is 2.19 bits per heavy atom. The van der Waals surface area contributed by atoms with Gasteiger partial charge in [0.25, 0.3) is 0 Å². The SMILES string of the molecule is CCC1(CC)CCN(c2ccnc(N)c2)C1. The lowest BCUT2D eigenvalue weighted by atomic mass is 9.82. The van der Waals surface area contributed by atoms with Gasteiger partial charge in [-0.1, -0.05) is 13.8 Å². The van der Waals surface area contributed by atoms with Crippen molar-refractivity contribution < 1.29 is 0 Å². The number of aromatic nitrogens is 1. The molecular weight excluding hydrogens is 198 g/mol. The summed E-state index contributed by atoms with van der Waals surface area (Å²) < 4.78 is 0. The van der Waals surface area contributed by atoms with Crippen LogP contribution < -0.4 is 10.6 Å². The average Bonchev–Trinajstić information content (AvgIpc) is 2.74. The minimum atomic E-state index is 0.512. The second-order valence-corrected chi connectivity index (χ2v) is 4.82. The highest BCUT2D eigenvalue weighted by molar-refractivity contribution is 5.53. The van der Waals surface area contributed by atoms with Crippen molar-refractivity contribution in [2.24, 2.45) is 5.41 Å². The van der Waals surface area contributed by atoms with Gasteiger partial charge in [0, 0.05) is 31.0 Å². The Balaban J connectivity index is 2.14. The Labute approximate surface area is 97.7 Å². The standard InChI is InChI=1S/C13H21N3/c1-3-13(4-2)6-8-16(10-13)11-5-7-15-12(14)9-11/h5,7,9H,3-4,6,8,10H2,1-2H3,(H2,14,15). The lowest BCUT2D eigenvalue weighted by Crippen LogP contribution is -2.26. The van der Waals surface area contributed by atoms with Crippen LogP contribution in [0.3, 0.4) is 0 Å². The third kappa shape index (κ3) is 1.99. The number of hydrogen-bond acceptors (Lipinski definition) is 3. The molecule has 3 nitrogen and oxygen atoms in total. The fraction of sp³-hybridized carbons (Fsp3) is 0.615. The van der Waals surface area contributed by atoms with Crippen LogP contribution in [-0.4, -0.2) is 18.1 Å². The first-order valence-electron chi connectivity index (χ1n) is 6.15. The van der Waals surface area contributed by atoms with Crippen LogP contribution in [0.25, 0.3) is 0 Å². The fourth-order valence-electron chi connectivity index (χ4n) is 2.62. The van der Waals surface area contributed by atoms with Gasteiger partial charge in [-0.2, -0.15) is 0 Å². The molecule has 0 radical (unpaired) electrons. The number of nitrogens with zero attached hydrogens (tertiary/aromatic N) is 2. The highest BCUT2D eigenvalue weighted by Crippen LogP contribution is 2.38. The monoisotopic (exact) mass is 219 g/mol. The molecule has 0 unspecified atom stereocenters. The van der Waals surface area contributed by atoms with Crippen molar-refractivity contribution >= 4 is 11.5 Å². The number of nitrogen functional groups attached to an aromatic ring is 1. The molecule has 0 atom stereocenters. The lowest BCUT2D eigenvalue weighted by molar-refractivity contribution is 0.301. The zero-order valence-corrected chi connectivity index (χ0v) is 10.2. The lowest BCUT2D eigenvalue weighted by Gasteiger charge is -2.27. The first-order chi connectivity index (χ1) is 7.69. The van der Waals surface area contributed by atoms with Crippen molar-refractivity contribution in [3.8, 4) is 0 Å². The van der Waals surface area contributed by atoms with E-state index in [0.29, 0.717) is 11.2 Å². The van der Waals surface area contributed by atoms with Gasteiger partial charge in [-0.25, -0.2) is 4.98 Å². The molecule has 0 saturated carbocycles. The summed E-state index contributed by atoms with van der Waals surface area (Å²) in [5, 5.41) is 0. The Morgan fingerprint density at radius 1 is 1.44 bits per heavy atom. The van der Waals surface area contributed by atoms with Crippen molar-refractivity contribution in [3.05, 3.63) is 18.3 Å². The number of pyridine rings is 1. The Hall–Kier alpha value is -1.25. The molecule has 1 aromatic rings. The summed E-state index contributed by atoms with van der Waals surface area (Å²) in [4.78, 5) is 6.47. The summed E-state index contributed by atoms with van der Waals surface area (Å²) >= 11 is 0. The minimum Gasteiger partial charge on any atom is -0.384 e. The highest BCUT2D eigenvalue weighted by atomic mass is 15.2. The summed E-state index contributed by atoms with van der Waals surface area (Å²) in [5.74, 6) is 0.614. The van der Waals surface area contributed by atoms with E-state index < -0.39 is 0 Å². The normalized spacial score (nSPS) is 19.0. The second kappa shape index (κ2) is 4.32. The van der Waals surface area contributed by atoms with E-state index in [9.17, 15) is 0 Å². The van der Waals surface area contributed by atoms with Crippen molar-refractivity contribution in [3.63, 3.8) is 0 Å². The molecule has 1 aliphatic rings. The molecule has 0 spiro atoms. The van der Waals surface area contributed by atoms with E-state index in [4.69, 9.17) is 5.73 Å². The molecule has 3 heteroatoms. The van der Waals surface area contributed by atoms with Crippen LogP contribution in [0, 0.1) is 5.41 Å². The van der Waals surface area contributed by atoms with E-state index in [1.54, 1.807) is 6.20 Å². The third-order valence-electron chi connectivity index (χ3n) is 4.07. The molecule has 0 amide bonds. The summed E-state index contributed by atoms with van der Waals surface area (Å²) in [6, 6.07) is 4.03. The van der Waals surface area contributed by atoms with Crippen LogP contribution in [0.2, 0.25) is 0 Å². The maximum atomic E-state index is 5.72. The van der Waals surface area contributed by atoms with Gasteiger partial charge in [0.1, 0.15) is 5.82 Å². The van der Waals surface area contributed by atoms with Crippen LogP contribution in [0.15, 0.2) is 18.3 Å². The zero-order valence-electron chi connectivity index (χ0n) is 10.2. The molecule has 2 N–H and O–H groups in total. The van der Waals surface area contributed by atoms with Gasteiger partial charge in [0.15, 0.2) is 0 Å². The van der Waals surface area contributed by atoms with Crippen molar-refractivity contribution in [2.45, 2.75) is 33.1 Å². The van der Waals surface area contributed by atoms with Gasteiger partial charge in [-0.05, 0) is 30.7 Å². The third-order valence-corrected chi connectivity index (χ3v) is 4.07. The number of rotatable bonds is 3. The van der Waals surface area contributed by atoms with Crippen molar-refractivity contribution in [1.82, 2.24) is 4.98 Å². The molecule has 1 aromatic heterocycles. The van der Waals surface area contributed by atoms with Crippen LogP contribution in [0.1, 0.15) is 33.1 Å². The summed E-state index contributed by atoms with van der Waals surface area (Å²) in [5.41, 5.74) is 7.45. The Bertz CT molecular complexity index is 358. The molecule has 0 aromatic carbocycles. The van der Waals surface area contributed by atoms with Gasteiger partial charge in [0.2, 0.25) is 0 Å². The van der Waals surface area contributed by atoms with Crippen LogP contribution in [0.4, 0.5) is 11.5 Å². The van der Waals surface area contributed by atoms with Crippen LogP contribution in [0.5, 0.6) is 0 Å².